The zero-order valence-electron chi connectivity index (χ0n) is 12.2. The van der Waals surface area contributed by atoms with E-state index in [2.05, 4.69) is 74.4 Å². The van der Waals surface area contributed by atoms with Crippen LogP contribution in [0.4, 0.5) is 0 Å². The molecule has 0 aliphatic heterocycles. The summed E-state index contributed by atoms with van der Waals surface area (Å²) in [4.78, 5) is 0. The lowest BCUT2D eigenvalue weighted by Crippen LogP contribution is -2.14. The minimum Gasteiger partial charge on any atom is -0.492 e. The summed E-state index contributed by atoms with van der Waals surface area (Å²) in [5, 5.41) is 3.48. The van der Waals surface area contributed by atoms with Crippen molar-refractivity contribution >= 4 is 31.9 Å². The number of nitrogens with one attached hydrogen (secondary N) is 1. The molecule has 0 aliphatic rings. The molecular weight excluding hydrogens is 394 g/mol. The van der Waals surface area contributed by atoms with Crippen molar-refractivity contribution in [1.29, 1.82) is 0 Å². The first kappa shape index (κ1) is 16.5. The van der Waals surface area contributed by atoms with Gasteiger partial charge in [0.25, 0.3) is 0 Å². The number of hydrogen-bond acceptors (Lipinski definition) is 2. The highest BCUT2D eigenvalue weighted by Crippen LogP contribution is 2.33. The van der Waals surface area contributed by atoms with Crippen LogP contribution in [0.1, 0.15) is 23.6 Å². The normalized spacial score (nSPS) is 10.7. The first-order valence-electron chi connectivity index (χ1n) is 6.97. The molecule has 4 heteroatoms. The monoisotopic (exact) mass is 411 g/mol. The molecule has 2 aromatic rings. The predicted molar refractivity (Wildman–Crippen MR) is 94.7 cm³/mol. The molecule has 0 bridgehead atoms. The van der Waals surface area contributed by atoms with E-state index in [1.165, 1.54) is 11.1 Å². The zero-order valence-corrected chi connectivity index (χ0v) is 15.4. The molecule has 0 heterocycles. The summed E-state index contributed by atoms with van der Waals surface area (Å²) in [6, 6.07) is 12.7. The van der Waals surface area contributed by atoms with Crippen LogP contribution in [0.2, 0.25) is 0 Å². The molecule has 2 aromatic carbocycles. The number of ether oxygens (including phenoxy) is 1. The lowest BCUT2D eigenvalue weighted by Gasteiger charge is -2.14. The van der Waals surface area contributed by atoms with E-state index in [0.717, 1.165) is 33.3 Å². The average Bonchev–Trinajstić information content (AvgIpc) is 2.42. The number of benzene rings is 2. The van der Waals surface area contributed by atoms with Crippen molar-refractivity contribution in [2.75, 3.05) is 6.61 Å². The van der Waals surface area contributed by atoms with Crippen molar-refractivity contribution in [2.45, 2.75) is 26.9 Å². The van der Waals surface area contributed by atoms with Gasteiger partial charge in [-0.25, -0.2) is 0 Å². The van der Waals surface area contributed by atoms with Gasteiger partial charge in [0, 0.05) is 23.1 Å². The Morgan fingerprint density at radius 1 is 1.10 bits per heavy atom. The van der Waals surface area contributed by atoms with Crippen molar-refractivity contribution in [3.8, 4) is 5.75 Å². The molecule has 0 aromatic heterocycles. The second-order valence-corrected chi connectivity index (χ2v) is 6.67. The summed E-state index contributed by atoms with van der Waals surface area (Å²) >= 11 is 7.09. The molecule has 112 valence electrons. The molecule has 2 rings (SSSR count). The van der Waals surface area contributed by atoms with Crippen LogP contribution in [-0.4, -0.2) is 6.61 Å². The first-order valence-corrected chi connectivity index (χ1v) is 8.55. The second-order valence-electron chi connectivity index (χ2n) is 4.90. The summed E-state index contributed by atoms with van der Waals surface area (Å²) in [6.07, 6.45) is 0. The van der Waals surface area contributed by atoms with Gasteiger partial charge in [0.2, 0.25) is 0 Å². The standard InChI is InChI=1S/C17H19Br2NO/c1-3-21-17-14(8-15(18)9-16(17)19)11-20-10-13-6-4-5-12(2)7-13/h4-9,20H,3,10-11H2,1-2H3. The van der Waals surface area contributed by atoms with Crippen molar-refractivity contribution in [2.24, 2.45) is 0 Å². The molecule has 0 fully saturated rings. The smallest absolute Gasteiger partial charge is 0.138 e. The topological polar surface area (TPSA) is 21.3 Å². The summed E-state index contributed by atoms with van der Waals surface area (Å²) < 4.78 is 7.76. The van der Waals surface area contributed by atoms with Crippen molar-refractivity contribution in [3.05, 3.63) is 62.0 Å². The van der Waals surface area contributed by atoms with Crippen molar-refractivity contribution in [1.82, 2.24) is 5.32 Å². The third-order valence-corrected chi connectivity index (χ3v) is 4.15. The Hall–Kier alpha value is -0.840. The first-order chi connectivity index (χ1) is 10.1. The molecule has 0 amide bonds. The maximum absolute atomic E-state index is 5.74. The van der Waals surface area contributed by atoms with E-state index in [1.807, 2.05) is 13.0 Å². The lowest BCUT2D eigenvalue weighted by molar-refractivity contribution is 0.333. The maximum Gasteiger partial charge on any atom is 0.138 e. The SMILES string of the molecule is CCOc1c(Br)cc(Br)cc1CNCc1cccc(C)c1. The third-order valence-electron chi connectivity index (χ3n) is 3.10. The molecule has 2 nitrogen and oxygen atoms in total. The van der Waals surface area contributed by atoms with Gasteiger partial charge in [-0.1, -0.05) is 45.8 Å². The summed E-state index contributed by atoms with van der Waals surface area (Å²) in [6.45, 7) is 6.38. The Bertz CT molecular complexity index is 614. The third kappa shape index (κ3) is 4.83. The van der Waals surface area contributed by atoms with E-state index < -0.39 is 0 Å². The fourth-order valence-corrected chi connectivity index (χ4v) is 3.64. The molecule has 0 unspecified atom stereocenters. The minimum atomic E-state index is 0.658. The zero-order chi connectivity index (χ0) is 15.2. The largest absolute Gasteiger partial charge is 0.492 e. The van der Waals surface area contributed by atoms with Gasteiger partial charge in [0.1, 0.15) is 5.75 Å². The van der Waals surface area contributed by atoms with Gasteiger partial charge in [0.15, 0.2) is 0 Å². The average molecular weight is 413 g/mol. The fourth-order valence-electron chi connectivity index (χ4n) is 2.21. The number of halogens is 2. The van der Waals surface area contributed by atoms with Gasteiger partial charge >= 0.3 is 0 Å². The molecule has 0 saturated heterocycles. The molecule has 21 heavy (non-hydrogen) atoms. The van der Waals surface area contributed by atoms with E-state index in [0.29, 0.717) is 6.61 Å². The summed E-state index contributed by atoms with van der Waals surface area (Å²) in [5.41, 5.74) is 3.72. The number of aryl methyl sites for hydroxylation is 1. The van der Waals surface area contributed by atoms with E-state index in [1.54, 1.807) is 0 Å². The van der Waals surface area contributed by atoms with Crippen molar-refractivity contribution < 1.29 is 4.74 Å². The van der Waals surface area contributed by atoms with Gasteiger partial charge in [-0.15, -0.1) is 0 Å². The molecule has 0 atom stereocenters. The molecule has 0 aliphatic carbocycles. The van der Waals surface area contributed by atoms with Crippen LogP contribution in [0.25, 0.3) is 0 Å². The van der Waals surface area contributed by atoms with Crippen LogP contribution >= 0.6 is 31.9 Å². The maximum atomic E-state index is 5.74. The molecule has 0 saturated carbocycles. The van der Waals surface area contributed by atoms with Gasteiger partial charge in [-0.3, -0.25) is 0 Å². The van der Waals surface area contributed by atoms with Crippen LogP contribution in [0.5, 0.6) is 5.75 Å². The second kappa shape index (κ2) is 7.97. The Morgan fingerprint density at radius 3 is 2.62 bits per heavy atom. The Kier molecular flexibility index (Phi) is 6.27. The minimum absolute atomic E-state index is 0.658. The molecule has 0 spiro atoms. The van der Waals surface area contributed by atoms with E-state index in [4.69, 9.17) is 4.74 Å². The number of rotatable bonds is 6. The molecule has 0 radical (unpaired) electrons. The van der Waals surface area contributed by atoms with E-state index >= 15 is 0 Å². The molecule has 1 N–H and O–H groups in total. The van der Waals surface area contributed by atoms with Gasteiger partial charge in [-0.05, 0) is 47.5 Å². The fraction of sp³-hybridized carbons (Fsp3) is 0.294. The van der Waals surface area contributed by atoms with Crippen LogP contribution in [0.3, 0.4) is 0 Å². The quantitative estimate of drug-likeness (QED) is 0.703. The predicted octanol–water partition coefficient (Wildman–Crippen LogP) is 5.21. The van der Waals surface area contributed by atoms with Crippen LogP contribution in [0, 0.1) is 6.92 Å². The summed E-state index contributed by atoms with van der Waals surface area (Å²) in [5.74, 6) is 0.914. The summed E-state index contributed by atoms with van der Waals surface area (Å²) in [7, 11) is 0. The van der Waals surface area contributed by atoms with E-state index in [-0.39, 0.29) is 0 Å². The highest BCUT2D eigenvalue weighted by molar-refractivity contribution is 9.11. The van der Waals surface area contributed by atoms with Gasteiger partial charge in [0.05, 0.1) is 11.1 Å². The van der Waals surface area contributed by atoms with Gasteiger partial charge < -0.3 is 10.1 Å². The van der Waals surface area contributed by atoms with Crippen molar-refractivity contribution in [3.63, 3.8) is 0 Å². The highest BCUT2D eigenvalue weighted by atomic mass is 79.9. The Morgan fingerprint density at radius 2 is 1.90 bits per heavy atom. The highest BCUT2D eigenvalue weighted by Gasteiger charge is 2.09. The van der Waals surface area contributed by atoms with Crippen LogP contribution in [-0.2, 0) is 13.1 Å². The number of hydrogen-bond donors (Lipinski definition) is 1. The van der Waals surface area contributed by atoms with Crippen LogP contribution in [0.15, 0.2) is 45.3 Å². The molecular formula is C17H19Br2NO. The Labute approximate surface area is 143 Å². The lowest BCUT2D eigenvalue weighted by atomic mass is 10.1. The Balaban J connectivity index is 2.05. The van der Waals surface area contributed by atoms with Crippen LogP contribution < -0.4 is 10.1 Å². The van der Waals surface area contributed by atoms with Gasteiger partial charge in [-0.2, -0.15) is 0 Å². The van der Waals surface area contributed by atoms with E-state index in [9.17, 15) is 0 Å².